The lowest BCUT2D eigenvalue weighted by molar-refractivity contribution is 0.0781. The predicted octanol–water partition coefficient (Wildman–Crippen LogP) is 1.48. The third-order valence-electron chi connectivity index (χ3n) is 2.63. The number of nitrogens with zero attached hydrogens (tertiary/aromatic N) is 2. The molecule has 0 aliphatic carbocycles. The maximum atomic E-state index is 13.6. The van der Waals surface area contributed by atoms with Crippen LogP contribution < -0.4 is 5.73 Å². The van der Waals surface area contributed by atoms with Crippen LogP contribution in [0, 0.1) is 18.6 Å². The first kappa shape index (κ1) is 14.9. The monoisotopic (exact) mass is 271 g/mol. The Kier molecular flexibility index (Phi) is 4.80. The molecule has 0 saturated heterocycles. The molecule has 5 nitrogen and oxygen atoms in total. The highest BCUT2D eigenvalue weighted by Gasteiger charge is 2.20. The lowest BCUT2D eigenvalue weighted by Crippen LogP contribution is -2.38. The van der Waals surface area contributed by atoms with E-state index in [4.69, 9.17) is 10.9 Å². The summed E-state index contributed by atoms with van der Waals surface area (Å²) in [5, 5.41) is 11.2. The van der Waals surface area contributed by atoms with Crippen molar-refractivity contribution in [3.63, 3.8) is 0 Å². The molecule has 104 valence electrons. The van der Waals surface area contributed by atoms with Gasteiger partial charge in [-0.05, 0) is 25.5 Å². The fraction of sp³-hybridized carbons (Fsp3) is 0.333. The Morgan fingerprint density at radius 2 is 2.05 bits per heavy atom. The first-order valence-corrected chi connectivity index (χ1v) is 5.62. The fourth-order valence-electron chi connectivity index (χ4n) is 1.55. The molecule has 0 spiro atoms. The third-order valence-corrected chi connectivity index (χ3v) is 2.63. The molecule has 0 radical (unpaired) electrons. The van der Waals surface area contributed by atoms with Crippen molar-refractivity contribution in [1.82, 2.24) is 4.90 Å². The molecule has 0 saturated carbocycles. The zero-order valence-electron chi connectivity index (χ0n) is 10.7. The van der Waals surface area contributed by atoms with Crippen LogP contribution in [0.1, 0.15) is 22.8 Å². The number of rotatable bonds is 4. The second-order valence-electron chi connectivity index (χ2n) is 3.99. The number of hydrogen-bond donors (Lipinski definition) is 2. The van der Waals surface area contributed by atoms with Gasteiger partial charge >= 0.3 is 0 Å². The molecule has 0 fully saturated rings. The van der Waals surface area contributed by atoms with E-state index < -0.39 is 17.5 Å². The number of nitrogens with two attached hydrogens (primary N) is 1. The van der Waals surface area contributed by atoms with E-state index in [2.05, 4.69) is 5.16 Å². The summed E-state index contributed by atoms with van der Waals surface area (Å²) in [7, 11) is 0. The van der Waals surface area contributed by atoms with Crippen LogP contribution in [-0.2, 0) is 0 Å². The lowest BCUT2D eigenvalue weighted by Gasteiger charge is -2.20. The van der Waals surface area contributed by atoms with Gasteiger partial charge in [-0.25, -0.2) is 8.78 Å². The van der Waals surface area contributed by atoms with Gasteiger partial charge < -0.3 is 15.8 Å². The number of carbonyl (C=O) groups excluding carboxylic acids is 1. The van der Waals surface area contributed by atoms with E-state index in [0.717, 1.165) is 6.07 Å². The first-order valence-electron chi connectivity index (χ1n) is 5.62. The van der Waals surface area contributed by atoms with Gasteiger partial charge in [0.05, 0.1) is 12.1 Å². The molecular formula is C12H15F2N3O2. The molecule has 19 heavy (non-hydrogen) atoms. The summed E-state index contributed by atoms with van der Waals surface area (Å²) in [6.45, 7) is 3.20. The molecule has 1 rings (SSSR count). The van der Waals surface area contributed by atoms with E-state index in [1.165, 1.54) is 11.8 Å². The lowest BCUT2D eigenvalue weighted by atomic mass is 10.1. The van der Waals surface area contributed by atoms with Crippen LogP contribution in [0.3, 0.4) is 0 Å². The molecule has 0 aliphatic heterocycles. The number of amides is 1. The molecule has 0 bridgehead atoms. The van der Waals surface area contributed by atoms with Crippen molar-refractivity contribution in [3.05, 3.63) is 34.9 Å². The zero-order valence-corrected chi connectivity index (χ0v) is 10.7. The van der Waals surface area contributed by atoms with Crippen molar-refractivity contribution in [2.75, 3.05) is 13.1 Å². The molecule has 7 heteroatoms. The minimum Gasteiger partial charge on any atom is -0.409 e. The summed E-state index contributed by atoms with van der Waals surface area (Å²) < 4.78 is 26.7. The van der Waals surface area contributed by atoms with E-state index in [0.29, 0.717) is 6.07 Å². The van der Waals surface area contributed by atoms with Crippen molar-refractivity contribution >= 4 is 11.7 Å². The maximum Gasteiger partial charge on any atom is 0.257 e. The molecule has 0 aromatic heterocycles. The topological polar surface area (TPSA) is 78.9 Å². The number of halogens is 2. The second-order valence-corrected chi connectivity index (χ2v) is 3.99. The molecule has 3 N–H and O–H groups in total. The maximum absolute atomic E-state index is 13.6. The van der Waals surface area contributed by atoms with Crippen LogP contribution in [0.2, 0.25) is 0 Å². The smallest absolute Gasteiger partial charge is 0.257 e. The second kappa shape index (κ2) is 6.12. The van der Waals surface area contributed by atoms with Crippen LogP contribution >= 0.6 is 0 Å². The Morgan fingerprint density at radius 3 is 2.58 bits per heavy atom. The normalized spacial score (nSPS) is 11.5. The first-order chi connectivity index (χ1) is 8.90. The summed E-state index contributed by atoms with van der Waals surface area (Å²) in [5.41, 5.74) is 5.24. The van der Waals surface area contributed by atoms with Crippen LogP contribution in [0.25, 0.3) is 0 Å². The Balaban J connectivity index is 3.07. The summed E-state index contributed by atoms with van der Waals surface area (Å²) in [6.07, 6.45) is 0. The molecular weight excluding hydrogens is 256 g/mol. The Hall–Kier alpha value is -2.18. The average molecular weight is 271 g/mol. The highest BCUT2D eigenvalue weighted by Crippen LogP contribution is 2.16. The highest BCUT2D eigenvalue weighted by atomic mass is 19.1. The van der Waals surface area contributed by atoms with Gasteiger partial charge in [0.2, 0.25) is 0 Å². The van der Waals surface area contributed by atoms with Gasteiger partial charge in [-0.3, -0.25) is 4.79 Å². The van der Waals surface area contributed by atoms with Gasteiger partial charge in [0.1, 0.15) is 11.6 Å². The highest BCUT2D eigenvalue weighted by molar-refractivity contribution is 5.97. The molecule has 0 unspecified atom stereocenters. The molecule has 1 aromatic carbocycles. The van der Waals surface area contributed by atoms with Crippen LogP contribution in [-0.4, -0.2) is 34.9 Å². The molecule has 0 aliphatic rings. The minimum absolute atomic E-state index is 0.137. The number of oxime groups is 1. The van der Waals surface area contributed by atoms with Crippen LogP contribution in [0.5, 0.6) is 0 Å². The number of benzene rings is 1. The van der Waals surface area contributed by atoms with Gasteiger partial charge in [0.15, 0.2) is 5.84 Å². The number of likely N-dealkylation sites (N-methyl/N-ethyl adjacent to an activating group) is 1. The van der Waals surface area contributed by atoms with Gasteiger partial charge in [-0.15, -0.1) is 0 Å². The van der Waals surface area contributed by atoms with Crippen LogP contribution in [0.15, 0.2) is 17.3 Å². The molecule has 1 amide bonds. The van der Waals surface area contributed by atoms with Crippen LogP contribution in [0.4, 0.5) is 8.78 Å². The van der Waals surface area contributed by atoms with Gasteiger partial charge in [0, 0.05) is 12.6 Å². The van der Waals surface area contributed by atoms with Crippen molar-refractivity contribution in [3.8, 4) is 0 Å². The quantitative estimate of drug-likeness (QED) is 0.377. The Morgan fingerprint density at radius 1 is 1.42 bits per heavy atom. The number of carbonyl (C=O) groups is 1. The minimum atomic E-state index is -0.939. The van der Waals surface area contributed by atoms with Gasteiger partial charge in [-0.1, -0.05) is 5.16 Å². The van der Waals surface area contributed by atoms with Gasteiger partial charge in [0.25, 0.3) is 5.91 Å². The molecule has 0 heterocycles. The summed E-state index contributed by atoms with van der Waals surface area (Å²) in [4.78, 5) is 13.3. The SMILES string of the molecule is CCN(C/C(N)=N/O)C(=O)c1cc(C)c(F)cc1F. The van der Waals surface area contributed by atoms with E-state index in [9.17, 15) is 13.6 Å². The number of hydrogen-bond acceptors (Lipinski definition) is 3. The van der Waals surface area contributed by atoms with Crippen molar-refractivity contribution in [2.24, 2.45) is 10.9 Å². The third kappa shape index (κ3) is 3.40. The summed E-state index contributed by atoms with van der Waals surface area (Å²) in [5.74, 6) is -2.47. The van der Waals surface area contributed by atoms with Crippen molar-refractivity contribution in [1.29, 1.82) is 0 Å². The number of aryl methyl sites for hydroxylation is 1. The fourth-order valence-corrected chi connectivity index (χ4v) is 1.55. The van der Waals surface area contributed by atoms with Gasteiger partial charge in [-0.2, -0.15) is 0 Å². The number of amidine groups is 1. The largest absolute Gasteiger partial charge is 0.409 e. The Bertz CT molecular complexity index is 518. The molecule has 0 atom stereocenters. The van der Waals surface area contributed by atoms with E-state index in [1.807, 2.05) is 0 Å². The predicted molar refractivity (Wildman–Crippen MR) is 66.1 cm³/mol. The van der Waals surface area contributed by atoms with E-state index in [-0.39, 0.29) is 30.1 Å². The van der Waals surface area contributed by atoms with Crippen molar-refractivity contribution < 1.29 is 18.8 Å². The van der Waals surface area contributed by atoms with E-state index >= 15 is 0 Å². The summed E-state index contributed by atoms with van der Waals surface area (Å²) in [6, 6.07) is 1.81. The Labute approximate surface area is 109 Å². The summed E-state index contributed by atoms with van der Waals surface area (Å²) >= 11 is 0. The average Bonchev–Trinajstić information content (AvgIpc) is 2.39. The van der Waals surface area contributed by atoms with Crippen molar-refractivity contribution in [2.45, 2.75) is 13.8 Å². The zero-order chi connectivity index (χ0) is 14.6. The molecule has 1 aromatic rings. The van der Waals surface area contributed by atoms with E-state index in [1.54, 1.807) is 6.92 Å². The standard InChI is InChI=1S/C12H15F2N3O2/c1-3-17(6-11(15)16-19)12(18)8-4-7(2)9(13)5-10(8)14/h4-5,19H,3,6H2,1-2H3,(H2,15,16).